The molecule has 0 aliphatic carbocycles. The zero-order valence-electron chi connectivity index (χ0n) is 15.2. The topological polar surface area (TPSA) is 39.7 Å². The highest BCUT2D eigenvalue weighted by molar-refractivity contribution is 6.13. The van der Waals surface area contributed by atoms with Crippen molar-refractivity contribution in [1.29, 1.82) is 0 Å². The van der Waals surface area contributed by atoms with Gasteiger partial charge in [0.15, 0.2) is 6.29 Å². The summed E-state index contributed by atoms with van der Waals surface area (Å²) in [5, 5.41) is 0. The van der Waals surface area contributed by atoms with Gasteiger partial charge in [-0.3, -0.25) is 0 Å². The zero-order chi connectivity index (χ0) is 18.3. The second-order valence-corrected chi connectivity index (χ2v) is 6.71. The molecule has 0 heterocycles. The zero-order valence-corrected chi connectivity index (χ0v) is 15.9. The van der Waals surface area contributed by atoms with E-state index in [2.05, 4.69) is 4.84 Å². The highest BCUT2D eigenvalue weighted by atomic mass is 35.5. The molecule has 2 aromatic rings. The van der Waals surface area contributed by atoms with Crippen LogP contribution in [0.5, 0.6) is 5.75 Å². The molecule has 1 unspecified atom stereocenters. The van der Waals surface area contributed by atoms with Gasteiger partial charge in [-0.15, -0.1) is 0 Å². The lowest BCUT2D eigenvalue weighted by atomic mass is 9.99. The Morgan fingerprint density at radius 1 is 0.960 bits per heavy atom. The normalized spacial score (nSPS) is 13.0. The van der Waals surface area contributed by atoms with E-state index in [4.69, 9.17) is 26.0 Å². The third-order valence-corrected chi connectivity index (χ3v) is 4.23. The first-order valence-corrected chi connectivity index (χ1v) is 8.62. The van der Waals surface area contributed by atoms with Gasteiger partial charge in [0.05, 0.1) is 6.04 Å². The van der Waals surface area contributed by atoms with E-state index in [9.17, 15) is 0 Å². The largest absolute Gasteiger partial charge is 0.488 e. The molecule has 2 rings (SSSR count). The first-order chi connectivity index (χ1) is 12.0. The van der Waals surface area contributed by atoms with Crippen LogP contribution in [0, 0.1) is 0 Å². The summed E-state index contributed by atoms with van der Waals surface area (Å²) in [7, 11) is 3.25. The van der Waals surface area contributed by atoms with Crippen LogP contribution < -0.4 is 9.57 Å². The van der Waals surface area contributed by atoms with E-state index in [1.165, 1.54) is 0 Å². The average molecular weight is 364 g/mol. The van der Waals surface area contributed by atoms with Gasteiger partial charge in [0.1, 0.15) is 11.4 Å². The fourth-order valence-electron chi connectivity index (χ4n) is 2.75. The van der Waals surface area contributed by atoms with Gasteiger partial charge in [-0.25, -0.2) is 4.84 Å². The van der Waals surface area contributed by atoms with E-state index >= 15 is 0 Å². The molecule has 0 aromatic heterocycles. The SMILES string of the molecule is COC(CC(C)(C)Oc1cccc(C(NCl)c2ccccc2)c1)OC. The van der Waals surface area contributed by atoms with Crippen molar-refractivity contribution in [3.63, 3.8) is 0 Å². The van der Waals surface area contributed by atoms with Crippen LogP contribution in [-0.4, -0.2) is 26.1 Å². The minimum absolute atomic E-state index is 0.111. The van der Waals surface area contributed by atoms with Crippen LogP contribution >= 0.6 is 11.8 Å². The summed E-state index contributed by atoms with van der Waals surface area (Å²) in [5.74, 6) is 0.779. The summed E-state index contributed by atoms with van der Waals surface area (Å²) in [6.45, 7) is 4.03. The number of rotatable bonds is 9. The van der Waals surface area contributed by atoms with Gasteiger partial charge >= 0.3 is 0 Å². The molecular weight excluding hydrogens is 338 g/mol. The van der Waals surface area contributed by atoms with Crippen molar-refractivity contribution in [1.82, 2.24) is 4.84 Å². The monoisotopic (exact) mass is 363 g/mol. The predicted molar refractivity (Wildman–Crippen MR) is 101 cm³/mol. The maximum absolute atomic E-state index is 6.18. The molecule has 1 atom stereocenters. The van der Waals surface area contributed by atoms with Crippen LogP contribution in [0.1, 0.15) is 37.4 Å². The Bertz CT molecular complexity index is 644. The van der Waals surface area contributed by atoms with E-state index in [0.29, 0.717) is 6.42 Å². The Morgan fingerprint density at radius 2 is 1.60 bits per heavy atom. The lowest BCUT2D eigenvalue weighted by Crippen LogP contribution is -2.34. The van der Waals surface area contributed by atoms with Crippen molar-refractivity contribution in [2.75, 3.05) is 14.2 Å². The average Bonchev–Trinajstić information content (AvgIpc) is 2.61. The fourth-order valence-corrected chi connectivity index (χ4v) is 3.00. The predicted octanol–water partition coefficient (Wildman–Crippen LogP) is 4.69. The Balaban J connectivity index is 2.17. The minimum Gasteiger partial charge on any atom is -0.488 e. The minimum atomic E-state index is -0.439. The van der Waals surface area contributed by atoms with Crippen molar-refractivity contribution in [2.45, 2.75) is 38.2 Å². The quantitative estimate of drug-likeness (QED) is 0.518. The van der Waals surface area contributed by atoms with Gasteiger partial charge in [0.25, 0.3) is 0 Å². The fraction of sp³-hybridized carbons (Fsp3) is 0.400. The number of ether oxygens (including phenoxy) is 3. The molecule has 0 aliphatic heterocycles. The number of benzene rings is 2. The molecule has 0 fully saturated rings. The van der Waals surface area contributed by atoms with Crippen molar-refractivity contribution in [3.8, 4) is 5.75 Å². The van der Waals surface area contributed by atoms with Gasteiger partial charge in [0, 0.05) is 20.6 Å². The summed E-state index contributed by atoms with van der Waals surface area (Å²) in [6, 6.07) is 17.9. The molecule has 0 saturated carbocycles. The summed E-state index contributed by atoms with van der Waals surface area (Å²) in [4.78, 5) is 2.85. The van der Waals surface area contributed by atoms with Gasteiger partial charge < -0.3 is 14.2 Å². The highest BCUT2D eigenvalue weighted by Gasteiger charge is 2.25. The van der Waals surface area contributed by atoms with Gasteiger partial charge in [-0.05, 0) is 48.9 Å². The lowest BCUT2D eigenvalue weighted by Gasteiger charge is -2.30. The Hall–Kier alpha value is -1.59. The molecule has 0 saturated heterocycles. The first-order valence-electron chi connectivity index (χ1n) is 8.25. The van der Waals surface area contributed by atoms with Crippen molar-refractivity contribution >= 4 is 11.8 Å². The van der Waals surface area contributed by atoms with E-state index < -0.39 is 5.60 Å². The van der Waals surface area contributed by atoms with Crippen molar-refractivity contribution in [2.24, 2.45) is 0 Å². The molecule has 4 nitrogen and oxygen atoms in total. The number of nitrogens with one attached hydrogen (secondary N) is 1. The third-order valence-electron chi connectivity index (χ3n) is 4.01. The lowest BCUT2D eigenvalue weighted by molar-refractivity contribution is -0.132. The third kappa shape index (κ3) is 5.72. The summed E-state index contributed by atoms with van der Waals surface area (Å²) < 4.78 is 16.7. The number of halogens is 1. The van der Waals surface area contributed by atoms with Crippen LogP contribution in [-0.2, 0) is 9.47 Å². The van der Waals surface area contributed by atoms with Crippen LogP contribution in [0.25, 0.3) is 0 Å². The van der Waals surface area contributed by atoms with Crippen molar-refractivity contribution in [3.05, 3.63) is 65.7 Å². The Morgan fingerprint density at radius 3 is 2.20 bits per heavy atom. The van der Waals surface area contributed by atoms with Crippen LogP contribution in [0.2, 0.25) is 0 Å². The van der Waals surface area contributed by atoms with Crippen LogP contribution in [0.4, 0.5) is 0 Å². The molecule has 0 spiro atoms. The highest BCUT2D eigenvalue weighted by Crippen LogP contribution is 2.29. The Kier molecular flexibility index (Phi) is 7.26. The van der Waals surface area contributed by atoms with Gasteiger partial charge in [-0.2, -0.15) is 0 Å². The van der Waals surface area contributed by atoms with E-state index in [1.807, 2.05) is 68.4 Å². The molecule has 136 valence electrons. The van der Waals surface area contributed by atoms with E-state index in [-0.39, 0.29) is 12.3 Å². The summed E-state index contributed by atoms with van der Waals surface area (Å²) in [6.07, 6.45) is 0.305. The first kappa shape index (κ1) is 19.7. The molecule has 25 heavy (non-hydrogen) atoms. The molecule has 2 aromatic carbocycles. The molecule has 5 heteroatoms. The number of methoxy groups -OCH3 is 2. The van der Waals surface area contributed by atoms with Crippen LogP contribution in [0.3, 0.4) is 0 Å². The second-order valence-electron chi connectivity index (χ2n) is 6.49. The Labute approximate surface area is 155 Å². The van der Waals surface area contributed by atoms with Crippen LogP contribution in [0.15, 0.2) is 54.6 Å². The van der Waals surface area contributed by atoms with Crippen molar-refractivity contribution < 1.29 is 14.2 Å². The summed E-state index contributed by atoms with van der Waals surface area (Å²) >= 11 is 6.00. The van der Waals surface area contributed by atoms with Gasteiger partial charge in [0.2, 0.25) is 0 Å². The maximum atomic E-state index is 6.18. The molecule has 0 bridgehead atoms. The molecule has 1 N–H and O–H groups in total. The standard InChI is InChI=1S/C20H26ClNO3/c1-20(2,14-18(23-3)24-4)25-17-12-8-11-16(13-17)19(22-21)15-9-6-5-7-10-15/h5-13,18-19,22H,14H2,1-4H3. The molecular formula is C20H26ClNO3. The second kappa shape index (κ2) is 9.20. The maximum Gasteiger partial charge on any atom is 0.160 e. The van der Waals surface area contributed by atoms with E-state index in [0.717, 1.165) is 16.9 Å². The van der Waals surface area contributed by atoms with Gasteiger partial charge in [-0.1, -0.05) is 42.5 Å². The number of hydrogen-bond donors (Lipinski definition) is 1. The van der Waals surface area contributed by atoms with E-state index in [1.54, 1.807) is 14.2 Å². The molecule has 0 amide bonds. The summed E-state index contributed by atoms with van der Waals surface area (Å²) in [5.41, 5.74) is 1.68. The molecule has 0 aliphatic rings. The number of hydrogen-bond acceptors (Lipinski definition) is 4. The smallest absolute Gasteiger partial charge is 0.160 e. The molecule has 0 radical (unpaired) electrons.